The standard InChI is InChI=1S/C47H79O3P/c1-44(2,3)37-29-31-40(42(34-37)46(7,8)9)39(41-32-30-38(45(4,5)6)35-43(41)47(10,11)12)28-26-24-22-20-18-16-14-13-15-17-19-21-23-25-27-33-48-51-49-36-50-51/h29-32,34-35,39H,13-28,33,36H2,1-12H3. The summed E-state index contributed by atoms with van der Waals surface area (Å²) in [6.07, 6.45) is 21.5. The molecule has 0 unspecified atom stereocenters. The lowest BCUT2D eigenvalue weighted by atomic mass is 9.70. The highest BCUT2D eigenvalue weighted by Crippen LogP contribution is 2.47. The van der Waals surface area contributed by atoms with Crippen LogP contribution in [0, 0.1) is 0 Å². The molecule has 2 aromatic rings. The summed E-state index contributed by atoms with van der Waals surface area (Å²) in [5, 5.41) is 0. The number of hydrogen-bond acceptors (Lipinski definition) is 3. The van der Waals surface area contributed by atoms with Gasteiger partial charge in [0.2, 0.25) is 0 Å². The number of hydrogen-bond donors (Lipinski definition) is 0. The van der Waals surface area contributed by atoms with Crippen LogP contribution in [-0.2, 0) is 35.2 Å². The molecule has 1 heterocycles. The Morgan fingerprint density at radius 3 is 1.16 bits per heavy atom. The Kier molecular flexibility index (Phi) is 17.7. The van der Waals surface area contributed by atoms with Crippen LogP contribution in [0.4, 0.5) is 0 Å². The topological polar surface area (TPSA) is 27.7 Å². The Labute approximate surface area is 317 Å². The van der Waals surface area contributed by atoms with E-state index in [4.69, 9.17) is 13.6 Å². The van der Waals surface area contributed by atoms with Gasteiger partial charge in [0, 0.05) is 5.92 Å². The molecule has 1 fully saturated rings. The van der Waals surface area contributed by atoms with Crippen LogP contribution in [0.3, 0.4) is 0 Å². The Bertz CT molecular complexity index is 1210. The maximum Gasteiger partial charge on any atom is 0.337 e. The summed E-state index contributed by atoms with van der Waals surface area (Å²) < 4.78 is 15.8. The predicted octanol–water partition coefficient (Wildman–Crippen LogP) is 15.5. The molecule has 1 saturated heterocycles. The summed E-state index contributed by atoms with van der Waals surface area (Å²) in [4.78, 5) is 0. The Morgan fingerprint density at radius 2 is 0.843 bits per heavy atom. The molecule has 1 aliphatic heterocycles. The number of rotatable bonds is 21. The van der Waals surface area contributed by atoms with Crippen LogP contribution in [0.15, 0.2) is 36.4 Å². The molecule has 0 aliphatic carbocycles. The fraction of sp³-hybridized carbons (Fsp3) is 0.745. The average Bonchev–Trinajstić information content (AvgIpc) is 3.01. The van der Waals surface area contributed by atoms with Crippen LogP contribution < -0.4 is 0 Å². The van der Waals surface area contributed by atoms with Gasteiger partial charge in [-0.15, -0.1) is 0 Å². The molecule has 0 spiro atoms. The molecule has 0 saturated carbocycles. The van der Waals surface area contributed by atoms with E-state index < -0.39 is 8.60 Å². The first-order chi connectivity index (χ1) is 23.9. The molecule has 290 valence electrons. The zero-order valence-corrected chi connectivity index (χ0v) is 36.3. The second-order valence-electron chi connectivity index (χ2n) is 19.7. The van der Waals surface area contributed by atoms with E-state index in [1.807, 2.05) is 0 Å². The fourth-order valence-electron chi connectivity index (χ4n) is 7.49. The van der Waals surface area contributed by atoms with Crippen LogP contribution in [0.25, 0.3) is 0 Å². The molecular formula is C47H79O3P. The van der Waals surface area contributed by atoms with Crippen molar-refractivity contribution in [1.29, 1.82) is 0 Å². The fourth-order valence-corrected chi connectivity index (χ4v) is 8.11. The van der Waals surface area contributed by atoms with E-state index in [0.29, 0.717) is 12.7 Å². The van der Waals surface area contributed by atoms with Crippen molar-refractivity contribution >= 4 is 8.60 Å². The summed E-state index contributed by atoms with van der Waals surface area (Å²) >= 11 is 0. The van der Waals surface area contributed by atoms with E-state index in [1.54, 1.807) is 11.1 Å². The van der Waals surface area contributed by atoms with Gasteiger partial charge < -0.3 is 4.52 Å². The van der Waals surface area contributed by atoms with E-state index in [2.05, 4.69) is 119 Å². The highest BCUT2D eigenvalue weighted by Gasteiger charge is 2.31. The second kappa shape index (κ2) is 20.4. The first kappa shape index (κ1) is 44.1. The lowest BCUT2D eigenvalue weighted by Crippen LogP contribution is -2.23. The second-order valence-corrected chi connectivity index (χ2v) is 20.9. The normalized spacial score (nSPS) is 14.8. The van der Waals surface area contributed by atoms with Gasteiger partial charge >= 0.3 is 8.60 Å². The van der Waals surface area contributed by atoms with Crippen molar-refractivity contribution in [2.45, 2.75) is 213 Å². The molecular weight excluding hydrogens is 643 g/mol. The molecule has 0 N–H and O–H groups in total. The van der Waals surface area contributed by atoms with Crippen molar-refractivity contribution in [3.05, 3.63) is 69.8 Å². The number of unbranched alkanes of at least 4 members (excludes halogenated alkanes) is 14. The van der Waals surface area contributed by atoms with Gasteiger partial charge in [-0.2, -0.15) is 0 Å². The van der Waals surface area contributed by atoms with Gasteiger partial charge in [0.15, 0.2) is 6.79 Å². The Hall–Kier alpha value is -1.25. The molecule has 2 aromatic carbocycles. The molecule has 0 bridgehead atoms. The first-order valence-corrected chi connectivity index (χ1v) is 22.0. The summed E-state index contributed by atoms with van der Waals surface area (Å²) in [5.74, 6) is 0.411. The molecule has 3 rings (SSSR count). The quantitative estimate of drug-likeness (QED) is 0.0948. The van der Waals surface area contributed by atoms with Gasteiger partial charge in [-0.1, -0.05) is 209 Å². The summed E-state index contributed by atoms with van der Waals surface area (Å²) in [5.41, 5.74) is 9.47. The SMILES string of the molecule is CC(C)(C)c1ccc(C(CCCCCCCCCCCCCCCCCOP2OCO2)c2ccc(C(C)(C)C)cc2C(C)(C)C)c(C(C)(C)C)c1. The molecule has 51 heavy (non-hydrogen) atoms. The summed E-state index contributed by atoms with van der Waals surface area (Å²) in [7, 11) is -0.977. The lowest BCUT2D eigenvalue weighted by molar-refractivity contribution is -0.00822. The molecule has 4 heteroatoms. The van der Waals surface area contributed by atoms with Gasteiger partial charge in [0.05, 0.1) is 6.61 Å². The third-order valence-corrected chi connectivity index (χ3v) is 11.9. The van der Waals surface area contributed by atoms with Crippen LogP contribution in [0.2, 0.25) is 0 Å². The van der Waals surface area contributed by atoms with Crippen LogP contribution in [0.1, 0.15) is 225 Å². The van der Waals surface area contributed by atoms with Gasteiger partial charge in [-0.05, 0) is 67.9 Å². The van der Waals surface area contributed by atoms with E-state index in [0.717, 1.165) is 13.0 Å². The van der Waals surface area contributed by atoms with E-state index in [1.165, 1.54) is 119 Å². The highest BCUT2D eigenvalue weighted by atomic mass is 31.2. The summed E-state index contributed by atoms with van der Waals surface area (Å²) in [6, 6.07) is 15.0. The maximum absolute atomic E-state index is 5.51. The van der Waals surface area contributed by atoms with Gasteiger partial charge in [-0.25, -0.2) is 0 Å². The van der Waals surface area contributed by atoms with Crippen molar-refractivity contribution in [1.82, 2.24) is 0 Å². The van der Waals surface area contributed by atoms with Crippen molar-refractivity contribution in [3.8, 4) is 0 Å². The van der Waals surface area contributed by atoms with Crippen molar-refractivity contribution < 1.29 is 13.6 Å². The molecule has 0 atom stereocenters. The van der Waals surface area contributed by atoms with Crippen molar-refractivity contribution in [3.63, 3.8) is 0 Å². The van der Waals surface area contributed by atoms with E-state index in [9.17, 15) is 0 Å². The van der Waals surface area contributed by atoms with Gasteiger partial charge in [0.25, 0.3) is 0 Å². The first-order valence-electron chi connectivity index (χ1n) is 20.9. The third-order valence-electron chi connectivity index (χ3n) is 10.9. The molecule has 3 nitrogen and oxygen atoms in total. The molecule has 0 radical (unpaired) electrons. The zero-order valence-electron chi connectivity index (χ0n) is 35.4. The number of benzene rings is 2. The zero-order chi connectivity index (χ0) is 37.7. The Morgan fingerprint density at radius 1 is 0.490 bits per heavy atom. The minimum Gasteiger partial charge on any atom is -0.312 e. The lowest BCUT2D eigenvalue weighted by Gasteiger charge is -2.34. The van der Waals surface area contributed by atoms with Gasteiger partial charge in [0.1, 0.15) is 0 Å². The smallest absolute Gasteiger partial charge is 0.312 e. The van der Waals surface area contributed by atoms with Crippen LogP contribution >= 0.6 is 8.60 Å². The minimum atomic E-state index is -0.977. The minimum absolute atomic E-state index is 0.0830. The maximum atomic E-state index is 5.51. The van der Waals surface area contributed by atoms with Crippen LogP contribution in [0.5, 0.6) is 0 Å². The summed E-state index contributed by atoms with van der Waals surface area (Å²) in [6.45, 7) is 29.7. The average molecular weight is 723 g/mol. The predicted molar refractivity (Wildman–Crippen MR) is 223 cm³/mol. The van der Waals surface area contributed by atoms with Gasteiger partial charge in [-0.3, -0.25) is 9.05 Å². The van der Waals surface area contributed by atoms with E-state index >= 15 is 0 Å². The Balaban J connectivity index is 1.52. The highest BCUT2D eigenvalue weighted by molar-refractivity contribution is 7.42. The molecule has 1 aliphatic rings. The van der Waals surface area contributed by atoms with Crippen LogP contribution in [-0.4, -0.2) is 13.4 Å². The monoisotopic (exact) mass is 723 g/mol. The third kappa shape index (κ3) is 15.2. The largest absolute Gasteiger partial charge is 0.337 e. The van der Waals surface area contributed by atoms with E-state index in [-0.39, 0.29) is 21.7 Å². The molecule has 0 aromatic heterocycles. The van der Waals surface area contributed by atoms with Crippen molar-refractivity contribution in [2.75, 3.05) is 13.4 Å². The van der Waals surface area contributed by atoms with Crippen molar-refractivity contribution in [2.24, 2.45) is 0 Å². The molecule has 0 amide bonds.